The Hall–Kier alpha value is -3.48. The van der Waals surface area contributed by atoms with Crippen LogP contribution in [0, 0.1) is 11.8 Å². The number of likely N-dealkylation sites (N-methyl/N-ethyl adjacent to an activating group) is 1. The van der Waals surface area contributed by atoms with Crippen LogP contribution < -0.4 is 16.0 Å². The van der Waals surface area contributed by atoms with Crippen LogP contribution in [0.2, 0.25) is 0 Å². The van der Waals surface area contributed by atoms with Crippen LogP contribution in [-0.4, -0.2) is 103 Å². The van der Waals surface area contributed by atoms with E-state index < -0.39 is 48.8 Å². The van der Waals surface area contributed by atoms with Gasteiger partial charge in [0.1, 0.15) is 31.5 Å². The van der Waals surface area contributed by atoms with Gasteiger partial charge >= 0.3 is 5.97 Å². The quantitative estimate of drug-likeness (QED) is 0.267. The molecule has 13 nitrogen and oxygen atoms in total. The smallest absolute Gasteiger partial charge is 0.332 e. The van der Waals surface area contributed by atoms with Crippen LogP contribution in [0.3, 0.4) is 0 Å². The molecule has 37 heavy (non-hydrogen) atoms. The maximum atomic E-state index is 13.1. The third kappa shape index (κ3) is 6.45. The second kappa shape index (κ2) is 14.3. The van der Waals surface area contributed by atoms with Crippen LogP contribution in [0.25, 0.3) is 0 Å². The molecular weight excluding hydrogens is 486 g/mol. The average Bonchev–Trinajstić information content (AvgIpc) is 3.55. The van der Waals surface area contributed by atoms with Gasteiger partial charge in [-0.25, -0.2) is 19.7 Å². The van der Waals surface area contributed by atoms with Crippen LogP contribution in [0.1, 0.15) is 0 Å². The third-order valence-electron chi connectivity index (χ3n) is 5.88. The Morgan fingerprint density at radius 3 is 2.08 bits per heavy atom. The molecule has 3 amide bonds. The third-order valence-corrected chi connectivity index (χ3v) is 5.88. The lowest BCUT2D eigenvalue weighted by Crippen LogP contribution is -2.50. The van der Waals surface area contributed by atoms with E-state index in [9.17, 15) is 19.2 Å². The number of rotatable bonds is 7. The first-order valence-corrected chi connectivity index (χ1v) is 11.5. The highest BCUT2D eigenvalue weighted by Gasteiger charge is 2.70. The Morgan fingerprint density at radius 2 is 1.59 bits per heavy atom. The number of nitrogens with two attached hydrogens (primary N) is 1. The van der Waals surface area contributed by atoms with Gasteiger partial charge in [0.05, 0.1) is 23.5 Å². The van der Waals surface area contributed by atoms with Gasteiger partial charge in [0.2, 0.25) is 17.7 Å². The molecule has 3 saturated heterocycles. The summed E-state index contributed by atoms with van der Waals surface area (Å²) in [7, 11) is 7.65. The number of ether oxygens (including phenoxy) is 4. The Balaban J connectivity index is 0.000000617. The summed E-state index contributed by atoms with van der Waals surface area (Å²) in [5.41, 5.74) is 4.99. The molecule has 0 aliphatic carbocycles. The van der Waals surface area contributed by atoms with Gasteiger partial charge in [-0.15, -0.1) is 0 Å². The summed E-state index contributed by atoms with van der Waals surface area (Å²) in [6.07, 6.45) is -3.03. The van der Waals surface area contributed by atoms with Crippen LogP contribution in [0.4, 0.5) is 5.69 Å². The van der Waals surface area contributed by atoms with Crippen molar-refractivity contribution in [3.8, 4) is 0 Å². The second-order valence-corrected chi connectivity index (χ2v) is 7.83. The van der Waals surface area contributed by atoms with Crippen molar-refractivity contribution in [2.75, 3.05) is 53.4 Å². The lowest BCUT2D eigenvalue weighted by atomic mass is 9.78. The number of carbonyl (C=O) groups is 4. The molecule has 3 heterocycles. The fourth-order valence-electron chi connectivity index (χ4n) is 4.51. The van der Waals surface area contributed by atoms with E-state index in [2.05, 4.69) is 27.0 Å². The molecule has 0 radical (unpaired) electrons. The minimum Gasteiger partial charge on any atom is -0.455 e. The van der Waals surface area contributed by atoms with E-state index in [1.165, 1.54) is 26.1 Å². The number of aliphatic imine (C=N–C) groups is 2. The number of carbonyl (C=O) groups excluding carboxylic acids is 4. The maximum absolute atomic E-state index is 13.1. The zero-order chi connectivity index (χ0) is 27.5. The summed E-state index contributed by atoms with van der Waals surface area (Å²) in [5, 5.41) is 2.37. The van der Waals surface area contributed by atoms with Gasteiger partial charge in [0.15, 0.2) is 6.10 Å². The first-order valence-electron chi connectivity index (χ1n) is 11.5. The number of fused-ring (bicyclic) bond motifs is 5. The number of imide groups is 1. The zero-order valence-corrected chi connectivity index (χ0v) is 21.5. The molecule has 6 atom stereocenters. The molecule has 0 aromatic heterocycles. The molecule has 4 rings (SSSR count). The number of esters is 1. The summed E-state index contributed by atoms with van der Waals surface area (Å²) in [6.45, 7) is -0.717. The molecule has 2 bridgehead atoms. The standard InChI is InChI=1S/C20H22N2O8.C3H6N2.CH5N/c1-21-11(23)8-28-9-12(24)29-18-16-14-13(15(30-16)17(18)27-2)19(25)22(20(14)26)10-6-4-3-5-7-10;1-4-3-5-2;1-2/h3-7,13-18H,8-9H2,1-2H3,(H,21,23);1-2H3;2H2,1H3/t13?,14?,15-,16?,17+,18?;;/m0../s1. The van der Waals surface area contributed by atoms with Crippen molar-refractivity contribution in [2.45, 2.75) is 24.4 Å². The van der Waals surface area contributed by atoms with Crippen molar-refractivity contribution < 1.29 is 38.1 Å². The Bertz CT molecular complexity index is 1010. The van der Waals surface area contributed by atoms with Crippen molar-refractivity contribution in [1.29, 1.82) is 0 Å². The zero-order valence-electron chi connectivity index (χ0n) is 21.5. The van der Waals surface area contributed by atoms with E-state index >= 15 is 0 Å². The predicted molar refractivity (Wildman–Crippen MR) is 132 cm³/mol. The fraction of sp³-hybridized carbons (Fsp3) is 0.542. The molecule has 3 N–H and O–H groups in total. The molecular formula is C24H33N5O8. The minimum atomic E-state index is -0.857. The number of amides is 3. The first kappa shape index (κ1) is 29.7. The van der Waals surface area contributed by atoms with Gasteiger partial charge in [-0.05, 0) is 19.2 Å². The molecule has 13 heteroatoms. The average molecular weight is 520 g/mol. The number of nitrogens with zero attached hydrogens (tertiary/aromatic N) is 3. The molecule has 4 unspecified atom stereocenters. The number of nitrogens with one attached hydrogen (secondary N) is 1. The second-order valence-electron chi connectivity index (χ2n) is 7.83. The number of methoxy groups -OCH3 is 1. The van der Waals surface area contributed by atoms with Crippen molar-refractivity contribution in [2.24, 2.45) is 27.6 Å². The lowest BCUT2D eigenvalue weighted by molar-refractivity contribution is -0.166. The SMILES string of the molecule is CN.CN=C=NC.CNC(=O)COCC(=O)OC1C2O[C@@H](C3C(=O)N(c4ccccc4)C(=O)C23)[C@H]1OC. The van der Waals surface area contributed by atoms with E-state index in [0.29, 0.717) is 5.69 Å². The molecule has 3 aliphatic heterocycles. The molecule has 1 aromatic rings. The molecule has 3 fully saturated rings. The lowest BCUT2D eigenvalue weighted by Gasteiger charge is -2.31. The van der Waals surface area contributed by atoms with Crippen molar-refractivity contribution in [3.05, 3.63) is 30.3 Å². The highest BCUT2D eigenvalue weighted by atomic mass is 16.6. The summed E-state index contributed by atoms with van der Waals surface area (Å²) in [6, 6.07) is 11.0. The number of hydrogen-bond acceptors (Lipinski definition) is 11. The molecule has 3 aliphatic rings. The normalized spacial score (nSPS) is 26.6. The molecule has 0 saturated carbocycles. The van der Waals surface area contributed by atoms with Gasteiger partial charge in [-0.2, -0.15) is 0 Å². The largest absolute Gasteiger partial charge is 0.455 e. The van der Waals surface area contributed by atoms with Gasteiger partial charge < -0.3 is 30.0 Å². The predicted octanol–water partition coefficient (Wildman–Crippen LogP) is -0.743. The number of para-hydroxylation sites is 1. The fourth-order valence-corrected chi connectivity index (χ4v) is 4.51. The highest BCUT2D eigenvalue weighted by molar-refractivity contribution is 6.22. The van der Waals surface area contributed by atoms with E-state index in [-0.39, 0.29) is 24.3 Å². The van der Waals surface area contributed by atoms with Crippen LogP contribution in [0.15, 0.2) is 40.3 Å². The molecule has 1 aromatic carbocycles. The number of benzene rings is 1. The van der Waals surface area contributed by atoms with Crippen LogP contribution in [-0.2, 0) is 38.1 Å². The van der Waals surface area contributed by atoms with Crippen molar-refractivity contribution in [3.63, 3.8) is 0 Å². The van der Waals surface area contributed by atoms with E-state index in [0.717, 1.165) is 0 Å². The van der Waals surface area contributed by atoms with Gasteiger partial charge in [0, 0.05) is 28.3 Å². The summed E-state index contributed by atoms with van der Waals surface area (Å²) < 4.78 is 21.8. The minimum absolute atomic E-state index is 0.281. The highest BCUT2D eigenvalue weighted by Crippen LogP contribution is 2.51. The van der Waals surface area contributed by atoms with E-state index in [4.69, 9.17) is 18.9 Å². The van der Waals surface area contributed by atoms with Crippen molar-refractivity contribution in [1.82, 2.24) is 5.32 Å². The van der Waals surface area contributed by atoms with Gasteiger partial charge in [-0.1, -0.05) is 18.2 Å². The Morgan fingerprint density at radius 1 is 1.03 bits per heavy atom. The summed E-state index contributed by atoms with van der Waals surface area (Å²) in [4.78, 5) is 57.5. The maximum Gasteiger partial charge on any atom is 0.332 e. The van der Waals surface area contributed by atoms with Crippen molar-refractivity contribution >= 4 is 35.4 Å². The Labute approximate surface area is 215 Å². The van der Waals surface area contributed by atoms with Crippen LogP contribution in [0.5, 0.6) is 0 Å². The van der Waals surface area contributed by atoms with Gasteiger partial charge in [-0.3, -0.25) is 14.4 Å². The number of anilines is 1. The first-order chi connectivity index (χ1) is 17.9. The van der Waals surface area contributed by atoms with Gasteiger partial charge in [0.25, 0.3) is 0 Å². The Kier molecular flexibility index (Phi) is 11.5. The molecule has 0 spiro atoms. The van der Waals surface area contributed by atoms with E-state index in [1.54, 1.807) is 44.4 Å². The summed E-state index contributed by atoms with van der Waals surface area (Å²) in [5.74, 6) is -3.25. The monoisotopic (exact) mass is 519 g/mol. The van der Waals surface area contributed by atoms with E-state index in [1.807, 2.05) is 0 Å². The summed E-state index contributed by atoms with van der Waals surface area (Å²) >= 11 is 0. The number of hydrogen-bond donors (Lipinski definition) is 2. The molecule has 202 valence electrons. The topological polar surface area (TPSA) is 171 Å². The van der Waals surface area contributed by atoms with Crippen LogP contribution >= 0.6 is 0 Å².